The van der Waals surface area contributed by atoms with Gasteiger partial charge in [-0.05, 0) is 43.7 Å². The molecule has 1 aliphatic rings. The minimum Gasteiger partial charge on any atom is -0.348 e. The fourth-order valence-corrected chi connectivity index (χ4v) is 3.36. The van der Waals surface area contributed by atoms with Gasteiger partial charge in [-0.2, -0.15) is 5.10 Å². The summed E-state index contributed by atoms with van der Waals surface area (Å²) >= 11 is 0. The Morgan fingerprint density at radius 2 is 2.12 bits per heavy atom. The van der Waals surface area contributed by atoms with Crippen LogP contribution in [0.1, 0.15) is 45.6 Å². The molecule has 1 N–H and O–H groups in total. The third-order valence-electron chi connectivity index (χ3n) is 4.60. The van der Waals surface area contributed by atoms with E-state index >= 15 is 0 Å². The van der Waals surface area contributed by atoms with E-state index in [-0.39, 0.29) is 5.91 Å². The monoisotopic (exact) mass is 320 g/mol. The highest BCUT2D eigenvalue weighted by atomic mass is 16.1. The van der Waals surface area contributed by atoms with Crippen LogP contribution in [0.4, 0.5) is 0 Å². The molecular formula is C19H20N4O. The van der Waals surface area contributed by atoms with Crippen LogP contribution in [0.3, 0.4) is 0 Å². The normalized spacial score (nSPS) is 13.7. The summed E-state index contributed by atoms with van der Waals surface area (Å²) in [5, 5.41) is 7.38. The van der Waals surface area contributed by atoms with E-state index in [1.807, 2.05) is 35.8 Å². The van der Waals surface area contributed by atoms with Gasteiger partial charge in [-0.15, -0.1) is 0 Å². The second-order valence-corrected chi connectivity index (χ2v) is 6.40. The maximum absolute atomic E-state index is 12.5. The van der Waals surface area contributed by atoms with Gasteiger partial charge in [-0.25, -0.2) is 9.50 Å². The third-order valence-corrected chi connectivity index (χ3v) is 4.60. The van der Waals surface area contributed by atoms with E-state index in [1.165, 1.54) is 29.7 Å². The van der Waals surface area contributed by atoms with Crippen LogP contribution in [0, 0.1) is 6.92 Å². The van der Waals surface area contributed by atoms with E-state index in [9.17, 15) is 4.79 Å². The lowest BCUT2D eigenvalue weighted by Crippen LogP contribution is -2.23. The van der Waals surface area contributed by atoms with Crippen LogP contribution in [-0.4, -0.2) is 20.5 Å². The smallest absolute Gasteiger partial charge is 0.257 e. The van der Waals surface area contributed by atoms with Gasteiger partial charge in [0, 0.05) is 18.4 Å². The topological polar surface area (TPSA) is 59.3 Å². The van der Waals surface area contributed by atoms with Crippen molar-refractivity contribution in [2.45, 2.75) is 39.2 Å². The van der Waals surface area contributed by atoms with E-state index in [2.05, 4.69) is 21.5 Å². The van der Waals surface area contributed by atoms with Crippen molar-refractivity contribution in [3.05, 3.63) is 64.6 Å². The molecule has 0 unspecified atom stereocenters. The van der Waals surface area contributed by atoms with Gasteiger partial charge in [0.1, 0.15) is 5.56 Å². The second kappa shape index (κ2) is 6.07. The molecule has 0 saturated heterocycles. The number of nitrogens with zero attached hydrogens (tertiary/aromatic N) is 3. The van der Waals surface area contributed by atoms with Gasteiger partial charge < -0.3 is 5.32 Å². The first-order valence-corrected chi connectivity index (χ1v) is 8.40. The average Bonchev–Trinajstić information content (AvgIpc) is 3.04. The Morgan fingerprint density at radius 1 is 1.25 bits per heavy atom. The van der Waals surface area contributed by atoms with Gasteiger partial charge in [-0.1, -0.05) is 29.8 Å². The standard InChI is InChI=1S/C19H20N4O/c1-13-5-4-6-14(9-13)10-21-19(24)16-12-22-23-17-8-3-2-7-15(17)11-20-18(16)23/h4-6,9,11-12H,2-3,7-8,10H2,1H3,(H,21,24). The molecule has 0 fully saturated rings. The minimum atomic E-state index is -0.130. The van der Waals surface area contributed by atoms with Crippen molar-refractivity contribution in [3.8, 4) is 0 Å². The predicted octanol–water partition coefficient (Wildman–Crippen LogP) is 2.85. The first-order chi connectivity index (χ1) is 11.7. The molecule has 2 aromatic heterocycles. The van der Waals surface area contributed by atoms with Crippen LogP contribution in [0.25, 0.3) is 5.65 Å². The van der Waals surface area contributed by atoms with Gasteiger partial charge in [-0.3, -0.25) is 4.79 Å². The fraction of sp³-hybridized carbons (Fsp3) is 0.316. The molecule has 0 aliphatic heterocycles. The summed E-state index contributed by atoms with van der Waals surface area (Å²) in [4.78, 5) is 17.0. The average molecular weight is 320 g/mol. The predicted molar refractivity (Wildman–Crippen MR) is 92.0 cm³/mol. The minimum absolute atomic E-state index is 0.130. The van der Waals surface area contributed by atoms with Gasteiger partial charge in [0.2, 0.25) is 0 Å². The van der Waals surface area contributed by atoms with E-state index in [0.29, 0.717) is 17.8 Å². The van der Waals surface area contributed by atoms with Gasteiger partial charge >= 0.3 is 0 Å². The first kappa shape index (κ1) is 14.9. The highest BCUT2D eigenvalue weighted by Gasteiger charge is 2.19. The van der Waals surface area contributed by atoms with Crippen LogP contribution in [0.5, 0.6) is 0 Å². The number of carbonyl (C=O) groups excluding carboxylic acids is 1. The quantitative estimate of drug-likeness (QED) is 0.807. The van der Waals surface area contributed by atoms with Crippen molar-refractivity contribution >= 4 is 11.6 Å². The molecule has 0 spiro atoms. The number of benzene rings is 1. The van der Waals surface area contributed by atoms with Gasteiger partial charge in [0.25, 0.3) is 5.91 Å². The van der Waals surface area contributed by atoms with Crippen molar-refractivity contribution in [1.82, 2.24) is 19.9 Å². The molecule has 2 heterocycles. The zero-order chi connectivity index (χ0) is 16.5. The molecular weight excluding hydrogens is 300 g/mol. The lowest BCUT2D eigenvalue weighted by Gasteiger charge is -2.15. The van der Waals surface area contributed by atoms with E-state index in [0.717, 1.165) is 18.4 Å². The molecule has 0 radical (unpaired) electrons. The molecule has 4 rings (SSSR count). The molecule has 0 atom stereocenters. The van der Waals surface area contributed by atoms with Crippen molar-refractivity contribution < 1.29 is 4.79 Å². The summed E-state index contributed by atoms with van der Waals surface area (Å²) in [6.45, 7) is 2.55. The molecule has 5 nitrogen and oxygen atoms in total. The van der Waals surface area contributed by atoms with E-state index in [4.69, 9.17) is 0 Å². The zero-order valence-electron chi connectivity index (χ0n) is 13.7. The number of aryl methyl sites for hydroxylation is 3. The van der Waals surface area contributed by atoms with Crippen LogP contribution < -0.4 is 5.32 Å². The Morgan fingerprint density at radius 3 is 3.00 bits per heavy atom. The van der Waals surface area contributed by atoms with Crippen molar-refractivity contribution in [3.63, 3.8) is 0 Å². The highest BCUT2D eigenvalue weighted by Crippen LogP contribution is 2.22. The Bertz CT molecular complexity index is 913. The van der Waals surface area contributed by atoms with E-state index < -0.39 is 0 Å². The summed E-state index contributed by atoms with van der Waals surface area (Å²) in [5.74, 6) is -0.130. The fourth-order valence-electron chi connectivity index (χ4n) is 3.36. The molecule has 0 bridgehead atoms. The number of amides is 1. The molecule has 0 saturated carbocycles. The summed E-state index contributed by atoms with van der Waals surface area (Å²) in [5.41, 5.74) is 5.91. The Hall–Kier alpha value is -2.69. The van der Waals surface area contributed by atoms with Crippen molar-refractivity contribution in [2.24, 2.45) is 0 Å². The SMILES string of the molecule is Cc1cccc(CNC(=O)c2cnn3c4c(cnc23)CCCC4)c1. The van der Waals surface area contributed by atoms with Gasteiger partial charge in [0.15, 0.2) is 5.65 Å². The molecule has 1 amide bonds. The zero-order valence-corrected chi connectivity index (χ0v) is 13.7. The number of hydrogen-bond acceptors (Lipinski definition) is 3. The summed E-state index contributed by atoms with van der Waals surface area (Å²) in [6.07, 6.45) is 7.95. The molecule has 1 aromatic carbocycles. The van der Waals surface area contributed by atoms with Crippen LogP contribution in [-0.2, 0) is 19.4 Å². The van der Waals surface area contributed by atoms with Crippen molar-refractivity contribution in [2.75, 3.05) is 0 Å². The molecule has 3 aromatic rings. The maximum Gasteiger partial charge on any atom is 0.257 e. The third kappa shape index (κ3) is 2.66. The molecule has 1 aliphatic carbocycles. The molecule has 122 valence electrons. The number of nitrogens with one attached hydrogen (secondary N) is 1. The molecule has 5 heteroatoms. The van der Waals surface area contributed by atoms with Crippen LogP contribution in [0.2, 0.25) is 0 Å². The lowest BCUT2D eigenvalue weighted by atomic mass is 9.97. The van der Waals surface area contributed by atoms with Crippen LogP contribution in [0.15, 0.2) is 36.7 Å². The maximum atomic E-state index is 12.5. The van der Waals surface area contributed by atoms with Crippen LogP contribution >= 0.6 is 0 Å². The Labute approximate surface area is 140 Å². The Balaban J connectivity index is 1.58. The number of carbonyl (C=O) groups is 1. The lowest BCUT2D eigenvalue weighted by molar-refractivity contribution is 0.0952. The summed E-state index contributed by atoms with van der Waals surface area (Å²) in [6, 6.07) is 8.13. The van der Waals surface area contributed by atoms with Crippen molar-refractivity contribution in [1.29, 1.82) is 0 Å². The highest BCUT2D eigenvalue weighted by molar-refractivity contribution is 5.99. The van der Waals surface area contributed by atoms with E-state index in [1.54, 1.807) is 6.20 Å². The molecule has 24 heavy (non-hydrogen) atoms. The number of hydrogen-bond donors (Lipinski definition) is 1. The second-order valence-electron chi connectivity index (χ2n) is 6.40. The Kier molecular flexibility index (Phi) is 3.76. The van der Waals surface area contributed by atoms with Gasteiger partial charge in [0.05, 0.1) is 6.20 Å². The number of rotatable bonds is 3. The largest absolute Gasteiger partial charge is 0.348 e. The summed E-state index contributed by atoms with van der Waals surface area (Å²) in [7, 11) is 0. The number of aromatic nitrogens is 3. The first-order valence-electron chi connectivity index (χ1n) is 8.40. The summed E-state index contributed by atoms with van der Waals surface area (Å²) < 4.78 is 1.84. The number of fused-ring (bicyclic) bond motifs is 3.